The van der Waals surface area contributed by atoms with Crippen LogP contribution >= 0.6 is 0 Å². The van der Waals surface area contributed by atoms with Crippen LogP contribution in [0.1, 0.15) is 0 Å². The normalized spacial score (nSPS) is 18.6. The maximum atomic E-state index is 11.8. The SMILES string of the molecule is O=C[C@@H](O)[C@H](O)[C@H](O)[C@@H](O)CNC(=O)C(F)(F)F. The Kier molecular flexibility index (Phi) is 6.18. The van der Waals surface area contributed by atoms with E-state index in [-0.39, 0.29) is 6.29 Å². The molecule has 0 aromatic rings. The van der Waals surface area contributed by atoms with Gasteiger partial charge in [0.15, 0.2) is 6.29 Å². The maximum Gasteiger partial charge on any atom is 0.471 e. The Bertz CT molecular complexity index is 297. The van der Waals surface area contributed by atoms with Gasteiger partial charge in [0.1, 0.15) is 18.3 Å². The molecule has 0 aliphatic heterocycles. The zero-order chi connectivity index (χ0) is 14.5. The summed E-state index contributed by atoms with van der Waals surface area (Å²) in [6, 6.07) is 0. The van der Waals surface area contributed by atoms with Crippen molar-refractivity contribution in [3.8, 4) is 0 Å². The van der Waals surface area contributed by atoms with Gasteiger partial charge in [-0.1, -0.05) is 0 Å². The van der Waals surface area contributed by atoms with Crippen molar-refractivity contribution in [3.05, 3.63) is 0 Å². The Labute approximate surface area is 98.8 Å². The first-order chi connectivity index (χ1) is 8.11. The van der Waals surface area contributed by atoms with E-state index in [0.717, 1.165) is 0 Å². The van der Waals surface area contributed by atoms with Gasteiger partial charge < -0.3 is 30.5 Å². The fourth-order valence-corrected chi connectivity index (χ4v) is 0.928. The lowest BCUT2D eigenvalue weighted by Crippen LogP contribution is -2.50. The number of aldehydes is 1. The Morgan fingerprint density at radius 1 is 1.17 bits per heavy atom. The topological polar surface area (TPSA) is 127 Å². The standard InChI is InChI=1S/C8H12F3NO6/c9-8(10,11)7(18)12-1-3(14)5(16)6(17)4(15)2-13/h2-6,14-17H,1H2,(H,12,18)/t3-,4+,5+,6-/m0/s1. The average Bonchev–Trinajstić information content (AvgIpc) is 2.31. The van der Waals surface area contributed by atoms with Crippen molar-refractivity contribution < 1.29 is 43.2 Å². The van der Waals surface area contributed by atoms with Crippen molar-refractivity contribution in [2.24, 2.45) is 0 Å². The van der Waals surface area contributed by atoms with Crippen LogP contribution < -0.4 is 5.32 Å². The van der Waals surface area contributed by atoms with E-state index in [0.29, 0.717) is 0 Å². The second kappa shape index (κ2) is 6.64. The predicted octanol–water partition coefficient (Wildman–Crippen LogP) is -2.69. The molecule has 10 heteroatoms. The van der Waals surface area contributed by atoms with Gasteiger partial charge in [-0.2, -0.15) is 13.2 Å². The first-order valence-corrected chi connectivity index (χ1v) is 4.63. The van der Waals surface area contributed by atoms with Crippen LogP contribution in [0.3, 0.4) is 0 Å². The van der Waals surface area contributed by atoms with Gasteiger partial charge in [-0.25, -0.2) is 0 Å². The number of halogens is 3. The van der Waals surface area contributed by atoms with Gasteiger partial charge in [-0.3, -0.25) is 4.79 Å². The minimum atomic E-state index is -5.15. The number of hydrogen-bond acceptors (Lipinski definition) is 6. The second-order valence-corrected chi connectivity index (χ2v) is 3.38. The second-order valence-electron chi connectivity index (χ2n) is 3.38. The molecule has 0 aliphatic carbocycles. The van der Waals surface area contributed by atoms with E-state index >= 15 is 0 Å². The lowest BCUT2D eigenvalue weighted by atomic mass is 10.0. The average molecular weight is 275 g/mol. The molecule has 0 heterocycles. The largest absolute Gasteiger partial charge is 0.471 e. The molecule has 0 aromatic carbocycles. The summed E-state index contributed by atoms with van der Waals surface area (Å²) in [6.45, 7) is -1.01. The molecule has 0 bridgehead atoms. The van der Waals surface area contributed by atoms with Gasteiger partial charge in [0.25, 0.3) is 0 Å². The number of carbonyl (C=O) groups excluding carboxylic acids is 2. The van der Waals surface area contributed by atoms with Crippen molar-refractivity contribution in [2.75, 3.05) is 6.54 Å². The molecule has 5 N–H and O–H groups in total. The zero-order valence-corrected chi connectivity index (χ0v) is 8.83. The Hall–Kier alpha value is -1.23. The lowest BCUT2D eigenvalue weighted by molar-refractivity contribution is -0.174. The molecule has 106 valence electrons. The van der Waals surface area contributed by atoms with E-state index in [9.17, 15) is 22.8 Å². The van der Waals surface area contributed by atoms with Crippen molar-refractivity contribution in [3.63, 3.8) is 0 Å². The predicted molar refractivity (Wildman–Crippen MR) is 49.2 cm³/mol. The number of rotatable bonds is 6. The van der Waals surface area contributed by atoms with E-state index in [4.69, 9.17) is 20.4 Å². The van der Waals surface area contributed by atoms with Crippen LogP contribution in [-0.4, -0.2) is 69.8 Å². The Morgan fingerprint density at radius 2 is 1.67 bits per heavy atom. The summed E-state index contributed by atoms with van der Waals surface area (Å²) in [5.74, 6) is -2.33. The highest BCUT2D eigenvalue weighted by molar-refractivity contribution is 5.81. The van der Waals surface area contributed by atoms with E-state index in [2.05, 4.69) is 0 Å². The van der Waals surface area contributed by atoms with Gasteiger partial charge in [0.2, 0.25) is 0 Å². The first-order valence-electron chi connectivity index (χ1n) is 4.63. The van der Waals surface area contributed by atoms with E-state index in [1.807, 2.05) is 0 Å². The van der Waals surface area contributed by atoms with Crippen molar-refractivity contribution in [1.82, 2.24) is 5.32 Å². The third-order valence-corrected chi connectivity index (χ3v) is 1.96. The number of hydrogen-bond donors (Lipinski definition) is 5. The van der Waals surface area contributed by atoms with Crippen LogP contribution in [0.5, 0.6) is 0 Å². The zero-order valence-electron chi connectivity index (χ0n) is 8.83. The highest BCUT2D eigenvalue weighted by Crippen LogP contribution is 2.14. The molecule has 0 spiro atoms. The van der Waals surface area contributed by atoms with Crippen LogP contribution in [0.4, 0.5) is 13.2 Å². The summed E-state index contributed by atoms with van der Waals surface area (Å²) >= 11 is 0. The minimum absolute atomic E-state index is 0.130. The smallest absolute Gasteiger partial charge is 0.388 e. The lowest BCUT2D eigenvalue weighted by Gasteiger charge is -2.24. The molecule has 0 unspecified atom stereocenters. The van der Waals surface area contributed by atoms with Crippen molar-refractivity contribution >= 4 is 12.2 Å². The summed E-state index contributed by atoms with van der Waals surface area (Å²) in [6.07, 6.45) is -13.5. The van der Waals surface area contributed by atoms with E-state index < -0.39 is 43.0 Å². The van der Waals surface area contributed by atoms with Crippen molar-refractivity contribution in [1.29, 1.82) is 0 Å². The van der Waals surface area contributed by atoms with Gasteiger partial charge in [-0.05, 0) is 0 Å². The van der Waals surface area contributed by atoms with Gasteiger partial charge in [-0.15, -0.1) is 0 Å². The summed E-state index contributed by atoms with van der Waals surface area (Å²) in [4.78, 5) is 20.4. The molecule has 4 atom stereocenters. The fraction of sp³-hybridized carbons (Fsp3) is 0.750. The van der Waals surface area contributed by atoms with Crippen LogP contribution in [0.2, 0.25) is 0 Å². The quantitative estimate of drug-likeness (QED) is 0.336. The number of aliphatic hydroxyl groups is 4. The summed E-state index contributed by atoms with van der Waals surface area (Å²) in [5, 5.41) is 37.4. The first kappa shape index (κ1) is 16.8. The number of amides is 1. The van der Waals surface area contributed by atoms with Gasteiger partial charge in [0, 0.05) is 6.54 Å². The van der Waals surface area contributed by atoms with Crippen molar-refractivity contribution in [2.45, 2.75) is 30.6 Å². The van der Waals surface area contributed by atoms with Gasteiger partial charge in [0.05, 0.1) is 6.10 Å². The molecule has 0 radical (unpaired) electrons. The monoisotopic (exact) mass is 275 g/mol. The minimum Gasteiger partial charge on any atom is -0.388 e. The van der Waals surface area contributed by atoms with Gasteiger partial charge >= 0.3 is 12.1 Å². The van der Waals surface area contributed by atoms with Crippen LogP contribution in [0.25, 0.3) is 0 Å². The molecular formula is C8H12F3NO6. The molecule has 0 aromatic heterocycles. The molecule has 18 heavy (non-hydrogen) atoms. The molecule has 1 amide bonds. The van der Waals surface area contributed by atoms with Crippen LogP contribution in [-0.2, 0) is 9.59 Å². The number of nitrogens with one attached hydrogen (secondary N) is 1. The van der Waals surface area contributed by atoms with Crippen LogP contribution in [0, 0.1) is 0 Å². The molecule has 0 saturated carbocycles. The molecule has 0 fully saturated rings. The third kappa shape index (κ3) is 4.96. The highest BCUT2D eigenvalue weighted by atomic mass is 19.4. The molecular weight excluding hydrogens is 263 g/mol. The Balaban J connectivity index is 4.29. The van der Waals surface area contributed by atoms with Crippen LogP contribution in [0.15, 0.2) is 0 Å². The maximum absolute atomic E-state index is 11.8. The number of alkyl halides is 3. The Morgan fingerprint density at radius 3 is 2.06 bits per heavy atom. The fourth-order valence-electron chi connectivity index (χ4n) is 0.928. The van der Waals surface area contributed by atoms with E-state index in [1.54, 1.807) is 0 Å². The summed E-state index contributed by atoms with van der Waals surface area (Å²) in [5.41, 5.74) is 0. The number of aliphatic hydroxyl groups excluding tert-OH is 4. The molecule has 7 nitrogen and oxygen atoms in total. The molecule has 0 aliphatic rings. The summed E-state index contributed by atoms with van der Waals surface area (Å²) in [7, 11) is 0. The van der Waals surface area contributed by atoms with E-state index in [1.165, 1.54) is 5.32 Å². The summed E-state index contributed by atoms with van der Waals surface area (Å²) < 4.78 is 35.3. The molecule has 0 saturated heterocycles. The number of carbonyl (C=O) groups is 2. The highest BCUT2D eigenvalue weighted by Gasteiger charge is 2.39. The third-order valence-electron chi connectivity index (χ3n) is 1.96. The molecule has 0 rings (SSSR count).